The predicted octanol–water partition coefficient (Wildman–Crippen LogP) is 11.9. The molecule has 0 aliphatic heterocycles. The molecule has 0 aliphatic carbocycles. The van der Waals surface area contributed by atoms with Crippen LogP contribution >= 0.6 is 11.3 Å². The third kappa shape index (κ3) is 3.55. The van der Waals surface area contributed by atoms with Gasteiger partial charge in [0.05, 0.1) is 26.1 Å². The molecule has 0 unspecified atom stereocenters. The lowest BCUT2D eigenvalue weighted by atomic mass is 10.0. The molecule has 0 N–H and O–H groups in total. The van der Waals surface area contributed by atoms with E-state index in [9.17, 15) is 0 Å². The maximum atomic E-state index is 6.62. The average Bonchev–Trinajstić information content (AvgIpc) is 3.89. The van der Waals surface area contributed by atoms with E-state index in [2.05, 4.69) is 108 Å². The van der Waals surface area contributed by atoms with Crippen LogP contribution < -0.4 is 0 Å². The van der Waals surface area contributed by atoms with Gasteiger partial charge in [0.2, 0.25) is 0 Å². The van der Waals surface area contributed by atoms with E-state index in [0.717, 1.165) is 86.9 Å². The summed E-state index contributed by atoms with van der Waals surface area (Å²) in [4.78, 5) is 10.6. The topological polar surface area (TPSA) is 57.0 Å². The first-order valence-corrected chi connectivity index (χ1v) is 16.7. The van der Waals surface area contributed by atoms with Crippen LogP contribution in [0.3, 0.4) is 0 Å². The van der Waals surface area contributed by atoms with E-state index >= 15 is 0 Å². The molecule has 5 heterocycles. The van der Waals surface area contributed by atoms with Gasteiger partial charge in [-0.25, -0.2) is 9.97 Å². The monoisotopic (exact) mass is 633 g/mol. The number of nitrogens with zero attached hydrogens (tertiary/aromatic N) is 3. The second-order valence-electron chi connectivity index (χ2n) is 12.1. The van der Waals surface area contributed by atoms with Gasteiger partial charge in [0.15, 0.2) is 11.4 Å². The van der Waals surface area contributed by atoms with Crippen LogP contribution in [-0.2, 0) is 0 Å². The Hall–Kier alpha value is -6.24. The van der Waals surface area contributed by atoms with E-state index in [-0.39, 0.29) is 0 Å². The molecule has 0 radical (unpaired) electrons. The number of rotatable bonds is 3. The fourth-order valence-electron chi connectivity index (χ4n) is 7.32. The summed E-state index contributed by atoms with van der Waals surface area (Å²) in [6, 6.07) is 48.2. The SMILES string of the molecule is c1ccc(-c2nc(-c3cccc4oc5cc6c(cc5c34)c3ccccc3n6-c3ccccc3)nc3c2sc2c4ccccc4oc32)cc1. The highest BCUT2D eigenvalue weighted by Crippen LogP contribution is 2.45. The second-order valence-corrected chi connectivity index (χ2v) is 13.2. The van der Waals surface area contributed by atoms with E-state index in [4.69, 9.17) is 18.8 Å². The minimum Gasteiger partial charge on any atom is -0.456 e. The van der Waals surface area contributed by atoms with Crippen LogP contribution in [0.25, 0.3) is 104 Å². The van der Waals surface area contributed by atoms with Crippen molar-refractivity contribution in [1.29, 1.82) is 0 Å². The Kier molecular flexibility index (Phi) is 5.20. The van der Waals surface area contributed by atoms with Gasteiger partial charge in [-0.3, -0.25) is 0 Å². The summed E-state index contributed by atoms with van der Waals surface area (Å²) in [7, 11) is 0. The Bertz CT molecular complexity index is 3060. The van der Waals surface area contributed by atoms with Crippen LogP contribution in [0.1, 0.15) is 0 Å². The molecule has 0 amide bonds. The zero-order valence-electron chi connectivity index (χ0n) is 25.3. The van der Waals surface area contributed by atoms with E-state index in [0.29, 0.717) is 5.82 Å². The van der Waals surface area contributed by atoms with Gasteiger partial charge < -0.3 is 13.4 Å². The fraction of sp³-hybridized carbons (Fsp3) is 0. The average molecular weight is 634 g/mol. The van der Waals surface area contributed by atoms with Crippen molar-refractivity contribution in [3.63, 3.8) is 0 Å². The lowest BCUT2D eigenvalue weighted by molar-refractivity contribution is 0.669. The van der Waals surface area contributed by atoms with Gasteiger partial charge in [-0.1, -0.05) is 91.0 Å². The van der Waals surface area contributed by atoms with Gasteiger partial charge in [-0.15, -0.1) is 11.3 Å². The maximum absolute atomic E-state index is 6.62. The predicted molar refractivity (Wildman–Crippen MR) is 197 cm³/mol. The van der Waals surface area contributed by atoms with Gasteiger partial charge in [0, 0.05) is 49.8 Å². The molecule has 0 aliphatic rings. The second kappa shape index (κ2) is 9.64. The third-order valence-corrected chi connectivity index (χ3v) is 10.6. The number of hydrogen-bond donors (Lipinski definition) is 0. The molecule has 0 saturated heterocycles. The smallest absolute Gasteiger partial charge is 0.172 e. The standard InChI is InChI=1S/C42H23N3O2S/c1-3-12-24(13-4-1)37-41-38(39-40(48-41)27-17-8-10-20-33(27)47-39)44-42(43-37)28-18-11-21-34-36(28)30-22-29-26-16-7-9-19-31(26)45(25-14-5-2-6-15-25)32(29)23-35(30)46-34/h1-23H. The van der Waals surface area contributed by atoms with Crippen molar-refractivity contribution in [2.24, 2.45) is 0 Å². The number of thiophene rings is 1. The molecule has 11 aromatic rings. The number of furan rings is 2. The van der Waals surface area contributed by atoms with Crippen LogP contribution in [-0.4, -0.2) is 14.5 Å². The molecule has 6 heteroatoms. The molecule has 0 spiro atoms. The first kappa shape index (κ1) is 25.9. The lowest BCUT2D eigenvalue weighted by Gasteiger charge is -2.08. The van der Waals surface area contributed by atoms with Crippen molar-refractivity contribution in [3.8, 4) is 28.3 Å². The summed E-state index contributed by atoms with van der Waals surface area (Å²) >= 11 is 1.69. The summed E-state index contributed by atoms with van der Waals surface area (Å²) < 4.78 is 17.5. The Morgan fingerprint density at radius 1 is 0.521 bits per heavy atom. The van der Waals surface area contributed by atoms with Crippen molar-refractivity contribution in [2.75, 3.05) is 0 Å². The highest BCUT2D eigenvalue weighted by Gasteiger charge is 2.23. The lowest BCUT2D eigenvalue weighted by Crippen LogP contribution is -1.94. The third-order valence-electron chi connectivity index (χ3n) is 9.43. The summed E-state index contributed by atoms with van der Waals surface area (Å²) in [5.74, 6) is 0.640. The van der Waals surface area contributed by atoms with Gasteiger partial charge in [-0.05, 0) is 42.5 Å². The van der Waals surface area contributed by atoms with Gasteiger partial charge in [0.25, 0.3) is 0 Å². The summed E-state index contributed by atoms with van der Waals surface area (Å²) in [5, 5.41) is 5.49. The molecule has 11 rings (SSSR count). The fourth-order valence-corrected chi connectivity index (χ4v) is 8.53. The zero-order valence-corrected chi connectivity index (χ0v) is 26.2. The Labute approximate surface area is 276 Å². The summed E-state index contributed by atoms with van der Waals surface area (Å²) in [5.41, 5.74) is 10.4. The first-order chi connectivity index (χ1) is 23.8. The molecule has 5 aromatic heterocycles. The minimum atomic E-state index is 0.640. The van der Waals surface area contributed by atoms with Crippen molar-refractivity contribution in [3.05, 3.63) is 140 Å². The molecule has 48 heavy (non-hydrogen) atoms. The largest absolute Gasteiger partial charge is 0.456 e. The minimum absolute atomic E-state index is 0.640. The van der Waals surface area contributed by atoms with E-state index in [1.54, 1.807) is 11.3 Å². The maximum Gasteiger partial charge on any atom is 0.172 e. The highest BCUT2D eigenvalue weighted by atomic mass is 32.1. The molecule has 5 nitrogen and oxygen atoms in total. The normalized spacial score (nSPS) is 12.2. The zero-order chi connectivity index (χ0) is 31.3. The number of benzene rings is 6. The van der Waals surface area contributed by atoms with Crippen molar-refractivity contribution < 1.29 is 8.83 Å². The van der Waals surface area contributed by atoms with Gasteiger partial charge in [-0.2, -0.15) is 0 Å². The van der Waals surface area contributed by atoms with Crippen LogP contribution in [0.4, 0.5) is 0 Å². The Balaban J connectivity index is 1.23. The van der Waals surface area contributed by atoms with Crippen molar-refractivity contribution in [1.82, 2.24) is 14.5 Å². The summed E-state index contributed by atoms with van der Waals surface area (Å²) in [6.45, 7) is 0. The van der Waals surface area contributed by atoms with Crippen molar-refractivity contribution in [2.45, 2.75) is 0 Å². The van der Waals surface area contributed by atoms with Crippen LogP contribution in [0.15, 0.2) is 148 Å². The van der Waals surface area contributed by atoms with E-state index in [1.807, 2.05) is 36.4 Å². The van der Waals surface area contributed by atoms with Crippen LogP contribution in [0.2, 0.25) is 0 Å². The molecular formula is C42H23N3O2S. The number of aromatic nitrogens is 3. The summed E-state index contributed by atoms with van der Waals surface area (Å²) in [6.07, 6.45) is 0. The quantitative estimate of drug-likeness (QED) is 0.194. The Morgan fingerprint density at radius 2 is 1.27 bits per heavy atom. The molecule has 6 aromatic carbocycles. The van der Waals surface area contributed by atoms with Crippen molar-refractivity contribution >= 4 is 86.5 Å². The number of fused-ring (bicyclic) bond motifs is 11. The molecule has 0 atom stereocenters. The van der Waals surface area contributed by atoms with E-state index < -0.39 is 0 Å². The highest BCUT2D eigenvalue weighted by molar-refractivity contribution is 7.27. The molecule has 224 valence electrons. The van der Waals surface area contributed by atoms with Gasteiger partial charge >= 0.3 is 0 Å². The number of hydrogen-bond acceptors (Lipinski definition) is 5. The van der Waals surface area contributed by atoms with Crippen LogP contribution in [0, 0.1) is 0 Å². The molecule has 0 fully saturated rings. The molecule has 0 bridgehead atoms. The first-order valence-electron chi connectivity index (χ1n) is 15.9. The Morgan fingerprint density at radius 3 is 2.15 bits per heavy atom. The molecular weight excluding hydrogens is 611 g/mol. The molecule has 0 saturated carbocycles. The number of para-hydroxylation sites is 3. The van der Waals surface area contributed by atoms with Gasteiger partial charge in [0.1, 0.15) is 22.3 Å². The van der Waals surface area contributed by atoms with Crippen LogP contribution in [0.5, 0.6) is 0 Å². The van der Waals surface area contributed by atoms with E-state index in [1.165, 1.54) is 10.8 Å².